The lowest BCUT2D eigenvalue weighted by Crippen LogP contribution is -2.57. The van der Waals surface area contributed by atoms with Crippen LogP contribution in [0.3, 0.4) is 0 Å². The third-order valence-corrected chi connectivity index (χ3v) is 6.05. The highest BCUT2D eigenvalue weighted by atomic mass is 16.5. The van der Waals surface area contributed by atoms with Crippen molar-refractivity contribution in [1.29, 1.82) is 0 Å². The van der Waals surface area contributed by atoms with E-state index in [2.05, 4.69) is 17.6 Å². The summed E-state index contributed by atoms with van der Waals surface area (Å²) < 4.78 is 10.4. The molecule has 1 saturated carbocycles. The molecule has 1 saturated heterocycles. The highest BCUT2D eigenvalue weighted by Crippen LogP contribution is 2.28. The predicted octanol–water partition coefficient (Wildman–Crippen LogP) is 2.85. The van der Waals surface area contributed by atoms with Crippen LogP contribution in [-0.2, 0) is 14.3 Å². The van der Waals surface area contributed by atoms with Crippen molar-refractivity contribution in [3.8, 4) is 0 Å². The van der Waals surface area contributed by atoms with Gasteiger partial charge in [-0.3, -0.25) is 14.4 Å². The molecule has 1 aromatic rings. The highest BCUT2D eigenvalue weighted by molar-refractivity contribution is 5.98. The Kier molecular flexibility index (Phi) is 7.86. The summed E-state index contributed by atoms with van der Waals surface area (Å²) in [5.41, 5.74) is 0.387. The molecule has 3 rings (SSSR count). The van der Waals surface area contributed by atoms with Gasteiger partial charge >= 0.3 is 0 Å². The summed E-state index contributed by atoms with van der Waals surface area (Å²) in [4.78, 5) is 38.1. The van der Waals surface area contributed by atoms with Crippen LogP contribution >= 0.6 is 0 Å². The zero-order chi connectivity index (χ0) is 20.6. The molecule has 2 amide bonds. The van der Waals surface area contributed by atoms with Crippen LogP contribution in [0.2, 0.25) is 0 Å². The molecule has 1 aliphatic heterocycles. The van der Waals surface area contributed by atoms with E-state index in [1.165, 1.54) is 18.9 Å². The molecule has 0 spiro atoms. The summed E-state index contributed by atoms with van der Waals surface area (Å²) in [6.07, 6.45) is 10.8. The Balaban J connectivity index is 1.69. The first kappa shape index (κ1) is 21.6. The maximum atomic E-state index is 13.1. The maximum Gasteiger partial charge on any atom is 0.255 e. The predicted molar refractivity (Wildman–Crippen MR) is 107 cm³/mol. The fourth-order valence-corrected chi connectivity index (χ4v) is 4.46. The zero-order valence-electron chi connectivity index (χ0n) is 17.2. The van der Waals surface area contributed by atoms with E-state index in [9.17, 15) is 14.4 Å². The SMILES string of the molecule is CCCC1COCC(=O)C1NC(=O)[C@H](CC1CCCCC1)NC(=O)c1ccoc1. The summed E-state index contributed by atoms with van der Waals surface area (Å²) in [5.74, 6) is -0.335. The van der Waals surface area contributed by atoms with Crippen molar-refractivity contribution in [3.63, 3.8) is 0 Å². The van der Waals surface area contributed by atoms with Crippen molar-refractivity contribution in [2.75, 3.05) is 13.2 Å². The third-order valence-electron chi connectivity index (χ3n) is 6.05. The highest BCUT2D eigenvalue weighted by Gasteiger charge is 2.35. The van der Waals surface area contributed by atoms with E-state index >= 15 is 0 Å². The van der Waals surface area contributed by atoms with Crippen molar-refractivity contribution in [2.24, 2.45) is 11.8 Å². The van der Waals surface area contributed by atoms with Crippen molar-refractivity contribution in [2.45, 2.75) is 70.4 Å². The van der Waals surface area contributed by atoms with Crippen LogP contribution in [0.4, 0.5) is 0 Å². The molecule has 2 unspecified atom stereocenters. The second-order valence-corrected chi connectivity index (χ2v) is 8.29. The molecule has 2 fully saturated rings. The first-order valence-corrected chi connectivity index (χ1v) is 10.8. The van der Waals surface area contributed by atoms with Crippen LogP contribution in [0.1, 0.15) is 68.6 Å². The summed E-state index contributed by atoms with van der Waals surface area (Å²) in [6.45, 7) is 2.55. The number of carbonyl (C=O) groups excluding carboxylic acids is 3. The number of ketones is 1. The quantitative estimate of drug-likeness (QED) is 0.694. The molecule has 2 N–H and O–H groups in total. The molecule has 160 valence electrons. The third kappa shape index (κ3) is 5.92. The van der Waals surface area contributed by atoms with E-state index in [0.717, 1.165) is 38.5 Å². The summed E-state index contributed by atoms with van der Waals surface area (Å²) >= 11 is 0. The van der Waals surface area contributed by atoms with Crippen LogP contribution in [0.15, 0.2) is 23.0 Å². The number of furan rings is 1. The van der Waals surface area contributed by atoms with Gasteiger partial charge in [0.05, 0.1) is 24.5 Å². The Morgan fingerprint density at radius 2 is 2.03 bits per heavy atom. The van der Waals surface area contributed by atoms with Gasteiger partial charge in [0.2, 0.25) is 5.91 Å². The number of ether oxygens (including phenoxy) is 1. The van der Waals surface area contributed by atoms with Crippen LogP contribution in [0, 0.1) is 11.8 Å². The number of nitrogens with one attached hydrogen (secondary N) is 2. The molecule has 2 heterocycles. The average Bonchev–Trinajstić information content (AvgIpc) is 3.26. The topological polar surface area (TPSA) is 97.6 Å². The van der Waals surface area contributed by atoms with E-state index in [-0.39, 0.29) is 30.1 Å². The minimum atomic E-state index is -0.668. The number of rotatable bonds is 8. The normalized spacial score (nSPS) is 24.1. The first-order valence-electron chi connectivity index (χ1n) is 10.8. The second-order valence-electron chi connectivity index (χ2n) is 8.29. The van der Waals surface area contributed by atoms with Crippen LogP contribution in [-0.4, -0.2) is 42.9 Å². The molecule has 0 bridgehead atoms. The Bertz CT molecular complexity index is 679. The Hall–Kier alpha value is -2.15. The van der Waals surface area contributed by atoms with Gasteiger partial charge in [-0.15, -0.1) is 0 Å². The van der Waals surface area contributed by atoms with Crippen molar-refractivity contribution in [1.82, 2.24) is 10.6 Å². The van der Waals surface area contributed by atoms with Gasteiger partial charge in [0.15, 0.2) is 5.78 Å². The summed E-state index contributed by atoms with van der Waals surface area (Å²) in [5, 5.41) is 5.80. The van der Waals surface area contributed by atoms with Gasteiger partial charge in [-0.05, 0) is 24.8 Å². The molecular weight excluding hydrogens is 372 g/mol. The number of hydrogen-bond donors (Lipinski definition) is 2. The van der Waals surface area contributed by atoms with Crippen molar-refractivity contribution >= 4 is 17.6 Å². The number of amides is 2. The molecule has 7 heteroatoms. The molecule has 1 aliphatic carbocycles. The fraction of sp³-hybridized carbons (Fsp3) is 0.682. The van der Waals surface area contributed by atoms with Crippen LogP contribution < -0.4 is 10.6 Å². The number of hydrogen-bond acceptors (Lipinski definition) is 5. The largest absolute Gasteiger partial charge is 0.472 e. The monoisotopic (exact) mass is 404 g/mol. The standard InChI is InChI=1S/C22H32N2O5/c1-2-6-16-12-29-14-19(25)20(16)24-22(27)18(11-15-7-4-3-5-8-15)23-21(26)17-9-10-28-13-17/h9-10,13,15-16,18,20H,2-8,11-12,14H2,1H3,(H,23,26)(H,24,27)/t16?,18-,20?/m0/s1. The van der Waals surface area contributed by atoms with Gasteiger partial charge in [-0.25, -0.2) is 0 Å². The Morgan fingerprint density at radius 3 is 2.72 bits per heavy atom. The van der Waals surface area contributed by atoms with Crippen molar-refractivity contribution in [3.05, 3.63) is 24.2 Å². The molecule has 1 aromatic heterocycles. The smallest absolute Gasteiger partial charge is 0.255 e. The maximum absolute atomic E-state index is 13.1. The lowest BCUT2D eigenvalue weighted by atomic mass is 9.84. The van der Waals surface area contributed by atoms with Crippen LogP contribution in [0.5, 0.6) is 0 Å². The Labute approximate surface area is 171 Å². The number of carbonyl (C=O) groups is 3. The molecule has 29 heavy (non-hydrogen) atoms. The minimum Gasteiger partial charge on any atom is -0.472 e. The molecule has 3 atom stereocenters. The van der Waals surface area contributed by atoms with Crippen LogP contribution in [0.25, 0.3) is 0 Å². The molecule has 2 aliphatic rings. The lowest BCUT2D eigenvalue weighted by molar-refractivity contribution is -0.138. The fourth-order valence-electron chi connectivity index (χ4n) is 4.46. The van der Waals surface area contributed by atoms with Gasteiger partial charge in [-0.1, -0.05) is 45.4 Å². The second kappa shape index (κ2) is 10.6. The molecular formula is C22H32N2O5. The van der Waals surface area contributed by atoms with E-state index in [1.807, 2.05) is 0 Å². The van der Waals surface area contributed by atoms with Gasteiger partial charge in [0.1, 0.15) is 18.9 Å². The van der Waals surface area contributed by atoms with Crippen molar-refractivity contribution < 1.29 is 23.5 Å². The van der Waals surface area contributed by atoms with Gasteiger partial charge < -0.3 is 19.8 Å². The minimum absolute atomic E-state index is 0.0231. The lowest BCUT2D eigenvalue weighted by Gasteiger charge is -2.33. The summed E-state index contributed by atoms with van der Waals surface area (Å²) in [7, 11) is 0. The number of Topliss-reactive ketones (excluding diaryl/α,β-unsaturated/α-hetero) is 1. The van der Waals surface area contributed by atoms with E-state index in [1.54, 1.807) is 6.07 Å². The Morgan fingerprint density at radius 1 is 1.24 bits per heavy atom. The molecule has 0 radical (unpaired) electrons. The summed E-state index contributed by atoms with van der Waals surface area (Å²) in [6, 6.07) is 0.360. The zero-order valence-corrected chi connectivity index (χ0v) is 17.2. The van der Waals surface area contributed by atoms with Gasteiger partial charge in [0, 0.05) is 5.92 Å². The van der Waals surface area contributed by atoms with E-state index in [0.29, 0.717) is 24.5 Å². The molecule has 7 nitrogen and oxygen atoms in total. The van der Waals surface area contributed by atoms with E-state index in [4.69, 9.17) is 9.15 Å². The molecule has 0 aromatic carbocycles. The average molecular weight is 405 g/mol. The van der Waals surface area contributed by atoms with Gasteiger partial charge in [0.25, 0.3) is 5.91 Å². The van der Waals surface area contributed by atoms with Gasteiger partial charge in [-0.2, -0.15) is 0 Å². The van der Waals surface area contributed by atoms with E-state index < -0.39 is 12.1 Å². The first-order chi connectivity index (χ1) is 14.1.